The van der Waals surface area contributed by atoms with E-state index < -0.39 is 0 Å². The summed E-state index contributed by atoms with van der Waals surface area (Å²) in [7, 11) is 0. The number of pyridine rings is 1. The predicted molar refractivity (Wildman–Crippen MR) is 218 cm³/mol. The molecular weight excluding hydrogens is 617 g/mol. The third kappa shape index (κ3) is 4.83. The van der Waals surface area contributed by atoms with Crippen molar-refractivity contribution in [3.8, 4) is 22.3 Å². The average Bonchev–Trinajstić information content (AvgIpc) is 3.20. The van der Waals surface area contributed by atoms with Gasteiger partial charge >= 0.3 is 0 Å². The molecule has 51 heavy (non-hydrogen) atoms. The maximum absolute atomic E-state index is 4.82. The molecule has 8 aromatic carbocycles. The van der Waals surface area contributed by atoms with E-state index in [-0.39, 0.29) is 6.04 Å². The Morgan fingerprint density at radius 1 is 0.451 bits per heavy atom. The molecule has 0 bridgehead atoms. The lowest BCUT2D eigenvalue weighted by Crippen LogP contribution is -2.25. The van der Waals surface area contributed by atoms with Gasteiger partial charge in [-0.25, -0.2) is 0 Å². The Labute approximate surface area is 297 Å². The molecule has 0 saturated heterocycles. The van der Waals surface area contributed by atoms with Crippen LogP contribution in [0.3, 0.4) is 0 Å². The van der Waals surface area contributed by atoms with Crippen molar-refractivity contribution in [1.82, 2.24) is 10.3 Å². The predicted octanol–water partition coefficient (Wildman–Crippen LogP) is 12.6. The Kier molecular flexibility index (Phi) is 6.82. The molecular formula is C49H34N2. The highest BCUT2D eigenvalue weighted by Crippen LogP contribution is 2.43. The molecule has 240 valence electrons. The van der Waals surface area contributed by atoms with Crippen LogP contribution in [0.15, 0.2) is 176 Å². The van der Waals surface area contributed by atoms with Crippen LogP contribution in [0.5, 0.6) is 0 Å². The second kappa shape index (κ2) is 11.8. The molecule has 0 fully saturated rings. The fraction of sp³-hybridized carbons (Fsp3) is 0.0408. The Bertz CT molecular complexity index is 2900. The molecule has 1 atom stereocenters. The van der Waals surface area contributed by atoms with Crippen molar-refractivity contribution in [2.45, 2.75) is 13.0 Å². The van der Waals surface area contributed by atoms with Crippen molar-refractivity contribution >= 4 is 65.0 Å². The zero-order valence-corrected chi connectivity index (χ0v) is 28.3. The Balaban J connectivity index is 1.20. The van der Waals surface area contributed by atoms with E-state index in [1.54, 1.807) is 0 Å². The molecule has 0 radical (unpaired) electrons. The monoisotopic (exact) mass is 650 g/mol. The van der Waals surface area contributed by atoms with Gasteiger partial charge in [0.1, 0.15) is 0 Å². The van der Waals surface area contributed by atoms with E-state index in [1.807, 2.05) is 12.4 Å². The van der Waals surface area contributed by atoms with E-state index in [1.165, 1.54) is 87.3 Å². The summed E-state index contributed by atoms with van der Waals surface area (Å²) in [5.41, 5.74) is 9.59. The summed E-state index contributed by atoms with van der Waals surface area (Å²) in [6.07, 6.45) is 8.59. The maximum atomic E-state index is 4.82. The lowest BCUT2D eigenvalue weighted by molar-refractivity contribution is 0.782. The highest BCUT2D eigenvalue weighted by Gasteiger charge is 2.21. The van der Waals surface area contributed by atoms with Crippen LogP contribution < -0.4 is 5.32 Å². The van der Waals surface area contributed by atoms with E-state index in [4.69, 9.17) is 4.98 Å². The number of allylic oxidation sites excluding steroid dienone is 2. The van der Waals surface area contributed by atoms with Gasteiger partial charge in [0.2, 0.25) is 0 Å². The molecule has 0 saturated carbocycles. The highest BCUT2D eigenvalue weighted by atomic mass is 14.9. The Hall–Kier alpha value is -6.51. The van der Waals surface area contributed by atoms with Gasteiger partial charge in [-0.1, -0.05) is 133 Å². The quantitative estimate of drug-likeness (QED) is 0.192. The summed E-state index contributed by atoms with van der Waals surface area (Å²) in [4.78, 5) is 4.82. The van der Waals surface area contributed by atoms with Crippen LogP contribution in [0.4, 0.5) is 0 Å². The molecule has 2 heterocycles. The number of hydrogen-bond acceptors (Lipinski definition) is 2. The highest BCUT2D eigenvalue weighted by molar-refractivity contribution is 6.25. The Morgan fingerprint density at radius 3 is 1.65 bits per heavy atom. The van der Waals surface area contributed by atoms with Crippen molar-refractivity contribution < 1.29 is 0 Å². The maximum Gasteiger partial charge on any atom is 0.0486 e. The number of nitrogens with one attached hydrogen (secondary N) is 1. The summed E-state index contributed by atoms with van der Waals surface area (Å²) in [6, 6.07) is 55.4. The number of fused-ring (bicyclic) bond motifs is 7. The molecule has 0 aliphatic carbocycles. The van der Waals surface area contributed by atoms with Gasteiger partial charge in [-0.2, -0.15) is 0 Å². The van der Waals surface area contributed by atoms with Crippen molar-refractivity contribution in [3.63, 3.8) is 0 Å². The molecule has 1 aromatic heterocycles. The minimum atomic E-state index is 0.145. The van der Waals surface area contributed by atoms with E-state index >= 15 is 0 Å². The summed E-state index contributed by atoms with van der Waals surface area (Å²) in [5.74, 6) is 0. The largest absolute Gasteiger partial charge is 0.384 e. The molecule has 2 heteroatoms. The van der Waals surface area contributed by atoms with Crippen LogP contribution >= 0.6 is 0 Å². The van der Waals surface area contributed by atoms with Gasteiger partial charge in [0.15, 0.2) is 0 Å². The van der Waals surface area contributed by atoms with Crippen LogP contribution in [0.2, 0.25) is 0 Å². The SMILES string of the molecule is CC1NC=C(c2cccc3ccccc23)C=C1c1cc2cc(-c3cncc(-c4cccc5ccccc45)c3)c3ccccc3c2c2ccccc12. The smallest absolute Gasteiger partial charge is 0.0486 e. The Morgan fingerprint density at radius 2 is 0.961 bits per heavy atom. The number of hydrogen-bond donors (Lipinski definition) is 1. The zero-order chi connectivity index (χ0) is 33.9. The molecule has 1 aliphatic heterocycles. The molecule has 1 unspecified atom stereocenters. The number of aromatic nitrogens is 1. The summed E-state index contributed by atoms with van der Waals surface area (Å²) in [6.45, 7) is 2.26. The van der Waals surface area contributed by atoms with Gasteiger partial charge in [0.05, 0.1) is 0 Å². The summed E-state index contributed by atoms with van der Waals surface area (Å²) < 4.78 is 0. The van der Waals surface area contributed by atoms with E-state index in [9.17, 15) is 0 Å². The number of rotatable bonds is 4. The molecule has 0 amide bonds. The summed E-state index contributed by atoms with van der Waals surface area (Å²) in [5, 5.41) is 16.2. The van der Waals surface area contributed by atoms with Gasteiger partial charge in [-0.15, -0.1) is 0 Å². The summed E-state index contributed by atoms with van der Waals surface area (Å²) >= 11 is 0. The van der Waals surface area contributed by atoms with Gasteiger partial charge in [-0.3, -0.25) is 4.98 Å². The first kappa shape index (κ1) is 29.4. The van der Waals surface area contributed by atoms with E-state index in [2.05, 4.69) is 176 Å². The third-order valence-corrected chi connectivity index (χ3v) is 10.7. The molecule has 1 N–H and O–H groups in total. The number of nitrogens with zero attached hydrogens (tertiary/aromatic N) is 1. The third-order valence-electron chi connectivity index (χ3n) is 10.7. The van der Waals surface area contributed by atoms with E-state index in [0.29, 0.717) is 0 Å². The minimum absolute atomic E-state index is 0.145. The van der Waals surface area contributed by atoms with Crippen LogP contribution in [-0.4, -0.2) is 11.0 Å². The molecule has 2 nitrogen and oxygen atoms in total. The van der Waals surface area contributed by atoms with Crippen LogP contribution in [0.1, 0.15) is 18.1 Å². The lowest BCUT2D eigenvalue weighted by atomic mass is 9.84. The topological polar surface area (TPSA) is 24.9 Å². The fourth-order valence-electron chi connectivity index (χ4n) is 8.25. The standard InChI is InChI=1S/C49H34N2/c1-31-46(27-37(30-51-31)41-23-11-15-33-13-3-5-17-39(33)41)48-26-34-25-47(42-18-6-8-20-44(42)49(34)45-21-9-7-19-43(45)48)36-24-35(28-50-29-36)40-22-10-14-32-12-2-4-16-38(32)40/h2-31,51H,1H3. The zero-order valence-electron chi connectivity index (χ0n) is 28.3. The molecule has 0 spiro atoms. The van der Waals surface area contributed by atoms with Gasteiger partial charge in [0, 0.05) is 35.8 Å². The lowest BCUT2D eigenvalue weighted by Gasteiger charge is -2.25. The van der Waals surface area contributed by atoms with E-state index in [0.717, 1.165) is 11.1 Å². The first-order chi connectivity index (χ1) is 25.2. The average molecular weight is 651 g/mol. The van der Waals surface area contributed by atoms with Gasteiger partial charge in [0.25, 0.3) is 0 Å². The van der Waals surface area contributed by atoms with Crippen LogP contribution in [-0.2, 0) is 0 Å². The second-order valence-electron chi connectivity index (χ2n) is 13.6. The van der Waals surface area contributed by atoms with Crippen LogP contribution in [0.25, 0.3) is 87.3 Å². The van der Waals surface area contributed by atoms with Crippen molar-refractivity contribution in [1.29, 1.82) is 0 Å². The van der Waals surface area contributed by atoms with Crippen molar-refractivity contribution in [2.24, 2.45) is 0 Å². The van der Waals surface area contributed by atoms with Crippen LogP contribution in [0, 0.1) is 0 Å². The molecule has 10 rings (SSSR count). The first-order valence-electron chi connectivity index (χ1n) is 17.7. The molecule has 1 aliphatic rings. The van der Waals surface area contributed by atoms with Gasteiger partial charge in [-0.05, 0) is 118 Å². The first-order valence-corrected chi connectivity index (χ1v) is 17.7. The molecule has 9 aromatic rings. The number of benzene rings is 8. The normalized spacial score (nSPS) is 14.6. The van der Waals surface area contributed by atoms with Crippen molar-refractivity contribution in [3.05, 3.63) is 187 Å². The fourth-order valence-corrected chi connectivity index (χ4v) is 8.25. The van der Waals surface area contributed by atoms with Gasteiger partial charge < -0.3 is 5.32 Å². The van der Waals surface area contributed by atoms with Crippen molar-refractivity contribution in [2.75, 3.05) is 0 Å². The minimum Gasteiger partial charge on any atom is -0.384 e. The second-order valence-corrected chi connectivity index (χ2v) is 13.6. The number of dihydropyridines is 1.